The van der Waals surface area contributed by atoms with Gasteiger partial charge in [-0.25, -0.2) is 0 Å². The first-order valence-corrected chi connectivity index (χ1v) is 7.05. The van der Waals surface area contributed by atoms with Gasteiger partial charge in [0.15, 0.2) is 11.5 Å². The summed E-state index contributed by atoms with van der Waals surface area (Å²) in [5, 5.41) is 12.4. The first kappa shape index (κ1) is 16.4. The van der Waals surface area contributed by atoms with Gasteiger partial charge in [-0.1, -0.05) is 18.2 Å². The van der Waals surface area contributed by atoms with Gasteiger partial charge in [-0.05, 0) is 42.8 Å². The lowest BCUT2D eigenvalue weighted by Crippen LogP contribution is -2.12. The Labute approximate surface area is 135 Å². The summed E-state index contributed by atoms with van der Waals surface area (Å²) in [6.45, 7) is 1.70. The molecule has 0 aliphatic rings. The Kier molecular flexibility index (Phi) is 5.25. The van der Waals surface area contributed by atoms with Gasteiger partial charge in [0.05, 0.1) is 19.9 Å². The number of nitrogens with one attached hydrogen (secondary N) is 1. The highest BCUT2D eigenvalue weighted by molar-refractivity contribution is 6.06. The predicted molar refractivity (Wildman–Crippen MR) is 89.9 cm³/mol. The highest BCUT2D eigenvalue weighted by atomic mass is 16.5. The molecule has 0 saturated carbocycles. The van der Waals surface area contributed by atoms with Gasteiger partial charge in [-0.2, -0.15) is 0 Å². The smallest absolute Gasteiger partial charge is 0.251 e. The van der Waals surface area contributed by atoms with E-state index in [1.165, 1.54) is 6.07 Å². The highest BCUT2D eigenvalue weighted by Crippen LogP contribution is 2.28. The number of ether oxygens (including phenoxy) is 2. The van der Waals surface area contributed by atoms with Crippen LogP contribution in [0.25, 0.3) is 6.08 Å². The SMILES string of the molecule is COc1ccc(/C=C(\C)C(=O)Nc2ccccc2O)cc1OC. The van der Waals surface area contributed by atoms with E-state index in [0.717, 1.165) is 5.56 Å². The molecule has 0 bridgehead atoms. The van der Waals surface area contributed by atoms with Crippen molar-refractivity contribution < 1.29 is 19.4 Å². The molecule has 5 heteroatoms. The van der Waals surface area contributed by atoms with Crippen LogP contribution in [0.5, 0.6) is 17.2 Å². The Balaban J connectivity index is 2.19. The zero-order valence-electron chi connectivity index (χ0n) is 13.3. The van der Waals surface area contributed by atoms with Gasteiger partial charge in [-0.15, -0.1) is 0 Å². The van der Waals surface area contributed by atoms with Crippen molar-refractivity contribution >= 4 is 17.7 Å². The summed E-state index contributed by atoms with van der Waals surface area (Å²) < 4.78 is 10.4. The lowest BCUT2D eigenvalue weighted by molar-refractivity contribution is -0.112. The Morgan fingerprint density at radius 3 is 2.43 bits per heavy atom. The van der Waals surface area contributed by atoms with E-state index in [2.05, 4.69) is 5.32 Å². The number of anilines is 1. The molecule has 0 fully saturated rings. The first-order chi connectivity index (χ1) is 11.0. The van der Waals surface area contributed by atoms with Crippen LogP contribution in [0.15, 0.2) is 48.0 Å². The molecule has 0 saturated heterocycles. The number of hydrogen-bond donors (Lipinski definition) is 2. The molecular formula is C18H19NO4. The molecule has 2 aromatic carbocycles. The lowest BCUT2D eigenvalue weighted by atomic mass is 10.1. The predicted octanol–water partition coefficient (Wildman–Crippen LogP) is 3.45. The molecule has 120 valence electrons. The summed E-state index contributed by atoms with van der Waals surface area (Å²) in [6, 6.07) is 12.0. The van der Waals surface area contributed by atoms with Gasteiger partial charge in [0.25, 0.3) is 5.91 Å². The minimum atomic E-state index is -0.290. The van der Waals surface area contributed by atoms with E-state index in [9.17, 15) is 9.90 Å². The Morgan fingerprint density at radius 2 is 1.78 bits per heavy atom. The van der Waals surface area contributed by atoms with Gasteiger partial charge in [-0.3, -0.25) is 4.79 Å². The number of rotatable bonds is 5. The Morgan fingerprint density at radius 1 is 1.09 bits per heavy atom. The Bertz CT molecular complexity index is 738. The summed E-state index contributed by atoms with van der Waals surface area (Å²) in [6.07, 6.45) is 1.73. The lowest BCUT2D eigenvalue weighted by Gasteiger charge is -2.09. The van der Waals surface area contributed by atoms with Crippen molar-refractivity contribution in [2.24, 2.45) is 0 Å². The van der Waals surface area contributed by atoms with E-state index < -0.39 is 0 Å². The molecule has 0 heterocycles. The molecule has 5 nitrogen and oxygen atoms in total. The monoisotopic (exact) mass is 313 g/mol. The molecular weight excluding hydrogens is 294 g/mol. The second-order valence-electron chi connectivity index (χ2n) is 4.91. The summed E-state index contributed by atoms with van der Waals surface area (Å²) in [4.78, 5) is 12.2. The number of hydrogen-bond acceptors (Lipinski definition) is 4. The normalized spacial score (nSPS) is 11.0. The van der Waals surface area contributed by atoms with Gasteiger partial charge < -0.3 is 19.9 Å². The van der Waals surface area contributed by atoms with Crippen LogP contribution in [0.1, 0.15) is 12.5 Å². The van der Waals surface area contributed by atoms with E-state index in [1.807, 2.05) is 6.07 Å². The van der Waals surface area contributed by atoms with Crippen LogP contribution in [0.3, 0.4) is 0 Å². The highest BCUT2D eigenvalue weighted by Gasteiger charge is 2.09. The fourth-order valence-electron chi connectivity index (χ4n) is 2.06. The van der Waals surface area contributed by atoms with Crippen LogP contribution in [-0.2, 0) is 4.79 Å². The van der Waals surface area contributed by atoms with Gasteiger partial charge in [0, 0.05) is 5.57 Å². The zero-order chi connectivity index (χ0) is 16.8. The van der Waals surface area contributed by atoms with E-state index in [-0.39, 0.29) is 11.7 Å². The van der Waals surface area contributed by atoms with Crippen molar-refractivity contribution in [2.75, 3.05) is 19.5 Å². The number of carbonyl (C=O) groups is 1. The largest absolute Gasteiger partial charge is 0.506 e. The van der Waals surface area contributed by atoms with Crippen molar-refractivity contribution in [2.45, 2.75) is 6.92 Å². The van der Waals surface area contributed by atoms with E-state index >= 15 is 0 Å². The first-order valence-electron chi connectivity index (χ1n) is 7.05. The molecule has 0 spiro atoms. The van der Waals surface area contributed by atoms with E-state index in [4.69, 9.17) is 9.47 Å². The molecule has 0 radical (unpaired) electrons. The van der Waals surface area contributed by atoms with Gasteiger partial charge >= 0.3 is 0 Å². The van der Waals surface area contributed by atoms with Crippen molar-refractivity contribution in [1.82, 2.24) is 0 Å². The maximum atomic E-state index is 12.2. The van der Waals surface area contributed by atoms with Gasteiger partial charge in [0.1, 0.15) is 5.75 Å². The van der Waals surface area contributed by atoms with Crippen molar-refractivity contribution in [3.8, 4) is 17.2 Å². The molecule has 2 aromatic rings. The fraction of sp³-hybridized carbons (Fsp3) is 0.167. The van der Waals surface area contributed by atoms with Crippen LogP contribution in [0, 0.1) is 0 Å². The fourth-order valence-corrected chi connectivity index (χ4v) is 2.06. The number of benzene rings is 2. The third-order valence-electron chi connectivity index (χ3n) is 3.30. The number of phenolic OH excluding ortho intramolecular Hbond substituents is 1. The van der Waals surface area contributed by atoms with Crippen molar-refractivity contribution in [3.63, 3.8) is 0 Å². The second kappa shape index (κ2) is 7.35. The van der Waals surface area contributed by atoms with Crippen LogP contribution >= 0.6 is 0 Å². The molecule has 1 amide bonds. The van der Waals surface area contributed by atoms with E-state index in [1.54, 1.807) is 57.6 Å². The summed E-state index contributed by atoms with van der Waals surface area (Å²) >= 11 is 0. The minimum Gasteiger partial charge on any atom is -0.506 e. The topological polar surface area (TPSA) is 67.8 Å². The van der Waals surface area contributed by atoms with Crippen LogP contribution in [0.2, 0.25) is 0 Å². The average molecular weight is 313 g/mol. The molecule has 0 unspecified atom stereocenters. The third kappa shape index (κ3) is 4.03. The number of amides is 1. The average Bonchev–Trinajstić information content (AvgIpc) is 2.56. The number of aromatic hydroxyl groups is 1. The second-order valence-corrected chi connectivity index (χ2v) is 4.91. The summed E-state index contributed by atoms with van der Waals surface area (Å²) in [5.74, 6) is 0.956. The number of methoxy groups -OCH3 is 2. The van der Waals surface area contributed by atoms with Crippen LogP contribution in [0.4, 0.5) is 5.69 Å². The molecule has 0 aliphatic heterocycles. The summed E-state index contributed by atoms with van der Waals surface area (Å²) in [5.41, 5.74) is 1.69. The third-order valence-corrected chi connectivity index (χ3v) is 3.30. The molecule has 2 rings (SSSR count). The quantitative estimate of drug-likeness (QED) is 0.655. The zero-order valence-corrected chi connectivity index (χ0v) is 13.3. The van der Waals surface area contributed by atoms with Crippen molar-refractivity contribution in [3.05, 3.63) is 53.6 Å². The van der Waals surface area contributed by atoms with Crippen LogP contribution < -0.4 is 14.8 Å². The number of para-hydroxylation sites is 2. The molecule has 2 N–H and O–H groups in total. The van der Waals surface area contributed by atoms with Crippen molar-refractivity contribution in [1.29, 1.82) is 0 Å². The number of carbonyl (C=O) groups excluding carboxylic acids is 1. The maximum Gasteiger partial charge on any atom is 0.251 e. The minimum absolute atomic E-state index is 0.0276. The van der Waals surface area contributed by atoms with E-state index in [0.29, 0.717) is 22.8 Å². The van der Waals surface area contributed by atoms with Crippen LogP contribution in [-0.4, -0.2) is 25.2 Å². The maximum absolute atomic E-state index is 12.2. The molecule has 23 heavy (non-hydrogen) atoms. The Hall–Kier alpha value is -2.95. The summed E-state index contributed by atoms with van der Waals surface area (Å²) in [7, 11) is 3.13. The number of phenols is 1. The molecule has 0 atom stereocenters. The standard InChI is InChI=1S/C18H19NO4/c1-12(18(21)19-14-6-4-5-7-15(14)20)10-13-8-9-16(22-2)17(11-13)23-3/h4-11,20H,1-3H3,(H,19,21)/b12-10+. The molecule has 0 aromatic heterocycles. The van der Waals surface area contributed by atoms with Gasteiger partial charge in [0.2, 0.25) is 0 Å². The molecule has 0 aliphatic carbocycles.